The second-order valence-electron chi connectivity index (χ2n) is 4.73. The average molecular weight is 289 g/mol. The Morgan fingerprint density at radius 1 is 1.40 bits per heavy atom. The molecule has 7 heteroatoms. The van der Waals surface area contributed by atoms with Crippen molar-refractivity contribution in [1.29, 1.82) is 0 Å². The van der Waals surface area contributed by atoms with Gasteiger partial charge < -0.3 is 5.32 Å². The second kappa shape index (κ2) is 4.75. The molecule has 6 nitrogen and oxygen atoms in total. The predicted molar refractivity (Wildman–Crippen MR) is 79.4 cm³/mol. The molecule has 3 heterocycles. The van der Waals surface area contributed by atoms with Gasteiger partial charge >= 0.3 is 5.69 Å². The van der Waals surface area contributed by atoms with E-state index < -0.39 is 0 Å². The van der Waals surface area contributed by atoms with Crippen molar-refractivity contribution >= 4 is 22.8 Å². The van der Waals surface area contributed by atoms with Crippen molar-refractivity contribution in [1.82, 2.24) is 19.6 Å². The average Bonchev–Trinajstić information content (AvgIpc) is 2.96. The molecule has 0 saturated heterocycles. The minimum Gasteiger partial charge on any atom is -0.363 e. The van der Waals surface area contributed by atoms with Crippen LogP contribution in [0.15, 0.2) is 23.0 Å². The van der Waals surface area contributed by atoms with E-state index in [-0.39, 0.29) is 11.7 Å². The summed E-state index contributed by atoms with van der Waals surface area (Å²) in [5.74, 6) is 1.32. The molecule has 1 atom stereocenters. The SMILES string of the molecule is Cc1ccc(C(C)Nc2cc3n[nH]c(=O)n3c(C)n2)s1. The van der Waals surface area contributed by atoms with Gasteiger partial charge in [0, 0.05) is 15.8 Å². The number of hydrogen-bond acceptors (Lipinski definition) is 5. The zero-order valence-electron chi connectivity index (χ0n) is 11.5. The van der Waals surface area contributed by atoms with E-state index in [1.54, 1.807) is 24.3 Å². The number of nitrogens with zero attached hydrogens (tertiary/aromatic N) is 3. The van der Waals surface area contributed by atoms with Gasteiger partial charge in [-0.2, -0.15) is 5.10 Å². The fourth-order valence-electron chi connectivity index (χ4n) is 2.15. The monoisotopic (exact) mass is 289 g/mol. The lowest BCUT2D eigenvalue weighted by atomic mass is 10.2. The number of aromatic nitrogens is 4. The van der Waals surface area contributed by atoms with Crippen molar-refractivity contribution in [3.8, 4) is 0 Å². The van der Waals surface area contributed by atoms with Crippen LogP contribution in [0.3, 0.4) is 0 Å². The number of aromatic amines is 1. The number of thiophene rings is 1. The van der Waals surface area contributed by atoms with Gasteiger partial charge in [0.1, 0.15) is 11.6 Å². The van der Waals surface area contributed by atoms with E-state index in [0.29, 0.717) is 17.3 Å². The van der Waals surface area contributed by atoms with Crippen LogP contribution in [0.2, 0.25) is 0 Å². The molecule has 0 aliphatic rings. The Labute approximate surface area is 119 Å². The molecule has 0 spiro atoms. The first-order valence-corrected chi connectivity index (χ1v) is 7.14. The summed E-state index contributed by atoms with van der Waals surface area (Å²) in [7, 11) is 0. The second-order valence-corrected chi connectivity index (χ2v) is 6.04. The fourth-order valence-corrected chi connectivity index (χ4v) is 3.03. The van der Waals surface area contributed by atoms with Gasteiger partial charge in [0.05, 0.1) is 6.04 Å². The number of aryl methyl sites for hydroxylation is 2. The highest BCUT2D eigenvalue weighted by Crippen LogP contribution is 2.25. The summed E-state index contributed by atoms with van der Waals surface area (Å²) in [5.41, 5.74) is 0.304. The molecule has 3 rings (SSSR count). The maximum absolute atomic E-state index is 11.5. The topological polar surface area (TPSA) is 75.1 Å². The van der Waals surface area contributed by atoms with E-state index in [1.165, 1.54) is 14.2 Å². The Bertz CT molecular complexity index is 816. The highest BCUT2D eigenvalue weighted by atomic mass is 32.1. The van der Waals surface area contributed by atoms with E-state index in [1.807, 2.05) is 0 Å². The maximum Gasteiger partial charge on any atom is 0.349 e. The lowest BCUT2D eigenvalue weighted by molar-refractivity contribution is 0.875. The molecule has 3 aromatic heterocycles. The molecule has 0 aromatic carbocycles. The first-order chi connectivity index (χ1) is 9.54. The normalized spacial score (nSPS) is 12.8. The summed E-state index contributed by atoms with van der Waals surface area (Å²) >= 11 is 1.76. The van der Waals surface area contributed by atoms with Gasteiger partial charge in [-0.15, -0.1) is 11.3 Å². The number of hydrogen-bond donors (Lipinski definition) is 2. The number of fused-ring (bicyclic) bond motifs is 1. The Morgan fingerprint density at radius 2 is 2.20 bits per heavy atom. The van der Waals surface area contributed by atoms with E-state index in [0.717, 1.165) is 0 Å². The quantitative estimate of drug-likeness (QED) is 0.775. The number of nitrogens with one attached hydrogen (secondary N) is 2. The minimum atomic E-state index is -0.265. The molecule has 0 amide bonds. The Hall–Kier alpha value is -2.15. The summed E-state index contributed by atoms with van der Waals surface area (Å²) in [5, 5.41) is 9.74. The fraction of sp³-hybridized carbons (Fsp3) is 0.308. The molecule has 0 aliphatic heterocycles. The van der Waals surface area contributed by atoms with Crippen LogP contribution in [0.25, 0.3) is 5.65 Å². The third-order valence-corrected chi connectivity index (χ3v) is 4.31. The van der Waals surface area contributed by atoms with E-state index in [2.05, 4.69) is 46.5 Å². The van der Waals surface area contributed by atoms with Gasteiger partial charge in [0.2, 0.25) is 0 Å². The molecule has 1 unspecified atom stereocenters. The van der Waals surface area contributed by atoms with Crippen molar-refractivity contribution < 1.29 is 0 Å². The standard InChI is InChI=1S/C13H15N5OS/c1-7-4-5-10(20-7)8(2)14-11-6-12-16-17-13(19)18(12)9(3)15-11/h4-6,8,14H,1-3H3,(H,17,19). The minimum absolute atomic E-state index is 0.161. The van der Waals surface area contributed by atoms with E-state index >= 15 is 0 Å². The number of rotatable bonds is 3. The van der Waals surface area contributed by atoms with Gasteiger partial charge in [-0.05, 0) is 32.9 Å². The van der Waals surface area contributed by atoms with E-state index in [9.17, 15) is 4.79 Å². The molecule has 2 N–H and O–H groups in total. The Balaban J connectivity index is 1.93. The van der Waals surface area contributed by atoms with Crippen molar-refractivity contribution in [2.24, 2.45) is 0 Å². The van der Waals surface area contributed by atoms with Crippen molar-refractivity contribution in [3.63, 3.8) is 0 Å². The Morgan fingerprint density at radius 3 is 2.90 bits per heavy atom. The summed E-state index contributed by atoms with van der Waals surface area (Å²) in [6, 6.07) is 6.14. The third-order valence-electron chi connectivity index (χ3n) is 3.12. The smallest absolute Gasteiger partial charge is 0.349 e. The highest BCUT2D eigenvalue weighted by molar-refractivity contribution is 7.12. The predicted octanol–water partition coefficient (Wildman–Crippen LogP) is 2.27. The van der Waals surface area contributed by atoms with Crippen LogP contribution in [-0.4, -0.2) is 19.6 Å². The zero-order chi connectivity index (χ0) is 14.3. The third kappa shape index (κ3) is 2.20. The van der Waals surface area contributed by atoms with Gasteiger partial charge in [-0.1, -0.05) is 0 Å². The zero-order valence-corrected chi connectivity index (χ0v) is 12.3. The highest BCUT2D eigenvalue weighted by Gasteiger charge is 2.11. The summed E-state index contributed by atoms with van der Waals surface area (Å²) in [4.78, 5) is 18.5. The number of H-pyrrole nitrogens is 1. The summed E-state index contributed by atoms with van der Waals surface area (Å²) in [6.07, 6.45) is 0. The lowest BCUT2D eigenvalue weighted by Gasteiger charge is -2.13. The van der Waals surface area contributed by atoms with Crippen LogP contribution >= 0.6 is 11.3 Å². The summed E-state index contributed by atoms with van der Waals surface area (Å²) < 4.78 is 1.45. The molecule has 20 heavy (non-hydrogen) atoms. The lowest BCUT2D eigenvalue weighted by Crippen LogP contribution is -2.14. The summed E-state index contributed by atoms with van der Waals surface area (Å²) in [6.45, 7) is 5.96. The van der Waals surface area contributed by atoms with Gasteiger partial charge in [-0.25, -0.2) is 19.3 Å². The van der Waals surface area contributed by atoms with Crippen LogP contribution < -0.4 is 11.0 Å². The van der Waals surface area contributed by atoms with Crippen LogP contribution in [0, 0.1) is 13.8 Å². The molecule has 0 aliphatic carbocycles. The van der Waals surface area contributed by atoms with E-state index in [4.69, 9.17) is 0 Å². The maximum atomic E-state index is 11.5. The first-order valence-electron chi connectivity index (χ1n) is 6.32. The molecule has 0 radical (unpaired) electrons. The molecule has 104 valence electrons. The van der Waals surface area contributed by atoms with Crippen LogP contribution in [-0.2, 0) is 0 Å². The van der Waals surface area contributed by atoms with Crippen LogP contribution in [0.5, 0.6) is 0 Å². The van der Waals surface area contributed by atoms with Gasteiger partial charge in [-0.3, -0.25) is 0 Å². The van der Waals surface area contributed by atoms with Crippen molar-refractivity contribution in [2.75, 3.05) is 5.32 Å². The molecule has 3 aromatic rings. The molecule has 0 bridgehead atoms. The van der Waals surface area contributed by atoms with Crippen molar-refractivity contribution in [3.05, 3.63) is 44.3 Å². The largest absolute Gasteiger partial charge is 0.363 e. The van der Waals surface area contributed by atoms with Gasteiger partial charge in [0.15, 0.2) is 5.65 Å². The van der Waals surface area contributed by atoms with Crippen LogP contribution in [0.1, 0.15) is 28.5 Å². The molecule has 0 saturated carbocycles. The first kappa shape index (κ1) is 12.9. The van der Waals surface area contributed by atoms with Crippen molar-refractivity contribution in [2.45, 2.75) is 26.8 Å². The van der Waals surface area contributed by atoms with Gasteiger partial charge in [0.25, 0.3) is 0 Å². The molecular weight excluding hydrogens is 274 g/mol. The molecular formula is C13H15N5OS. The number of anilines is 1. The van der Waals surface area contributed by atoms with Crippen LogP contribution in [0.4, 0.5) is 5.82 Å². The molecule has 0 fully saturated rings. The Kier molecular flexibility index (Phi) is 3.06.